The Morgan fingerprint density at radius 2 is 2.03 bits per heavy atom. The van der Waals surface area contributed by atoms with Crippen molar-refractivity contribution in [1.29, 1.82) is 0 Å². The van der Waals surface area contributed by atoms with Crippen LogP contribution in [0.2, 0.25) is 5.02 Å². The highest BCUT2D eigenvalue weighted by atomic mass is 35.5. The minimum absolute atomic E-state index is 0.0930. The van der Waals surface area contributed by atoms with Crippen LogP contribution in [0.1, 0.15) is 15.2 Å². The summed E-state index contributed by atoms with van der Waals surface area (Å²) in [5.74, 6) is 1.58. The predicted octanol–water partition coefficient (Wildman–Crippen LogP) is 4.87. The Hall–Kier alpha value is -3.30. The van der Waals surface area contributed by atoms with Crippen LogP contribution in [-0.4, -0.2) is 17.6 Å². The molecule has 0 aliphatic carbocycles. The molecule has 3 aromatic rings. The van der Waals surface area contributed by atoms with Crippen molar-refractivity contribution in [1.82, 2.24) is 0 Å². The Balaban J connectivity index is 1.38. The number of nitro benzene ring substituents is 1. The predicted molar refractivity (Wildman–Crippen MR) is 107 cm³/mol. The fraction of sp³-hybridized carbons (Fsp3) is 0.105. The Morgan fingerprint density at radius 1 is 1.21 bits per heavy atom. The Labute approximate surface area is 173 Å². The van der Waals surface area contributed by atoms with Gasteiger partial charge in [0.2, 0.25) is 6.79 Å². The van der Waals surface area contributed by atoms with E-state index in [1.165, 1.54) is 29.5 Å². The maximum Gasteiger partial charge on any atom is 0.271 e. The SMILES string of the molecule is O=C(Nc1ccc([N+](=O)[O-])cc1Cl)c1cc(COc2ccc3c(c2)OCO3)cs1. The molecule has 2 heterocycles. The van der Waals surface area contributed by atoms with E-state index in [9.17, 15) is 14.9 Å². The van der Waals surface area contributed by atoms with E-state index in [0.717, 1.165) is 5.56 Å². The molecule has 4 rings (SSSR count). The van der Waals surface area contributed by atoms with E-state index >= 15 is 0 Å². The summed E-state index contributed by atoms with van der Waals surface area (Å²) in [5.41, 5.74) is 0.980. The Bertz CT molecular complexity index is 1100. The average Bonchev–Trinajstić information content (AvgIpc) is 3.36. The molecule has 0 unspecified atom stereocenters. The van der Waals surface area contributed by atoms with Gasteiger partial charge in [0.1, 0.15) is 12.4 Å². The van der Waals surface area contributed by atoms with Gasteiger partial charge < -0.3 is 19.5 Å². The zero-order chi connectivity index (χ0) is 20.4. The van der Waals surface area contributed by atoms with Crippen molar-refractivity contribution >= 4 is 40.2 Å². The van der Waals surface area contributed by atoms with Crippen molar-refractivity contribution in [3.05, 3.63) is 73.4 Å². The molecule has 1 aliphatic rings. The lowest BCUT2D eigenvalue weighted by Gasteiger charge is -2.06. The largest absolute Gasteiger partial charge is 0.489 e. The molecular weight excluding hydrogens is 420 g/mol. The van der Waals surface area contributed by atoms with Crippen molar-refractivity contribution in [2.45, 2.75) is 6.61 Å². The van der Waals surface area contributed by atoms with Gasteiger partial charge in [0, 0.05) is 23.8 Å². The molecule has 1 N–H and O–H groups in total. The van der Waals surface area contributed by atoms with Gasteiger partial charge in [-0.15, -0.1) is 11.3 Å². The number of rotatable bonds is 6. The highest BCUT2D eigenvalue weighted by Crippen LogP contribution is 2.35. The number of carbonyl (C=O) groups excluding carboxylic acids is 1. The van der Waals surface area contributed by atoms with Crippen LogP contribution in [0.3, 0.4) is 0 Å². The number of non-ortho nitro benzene ring substituents is 1. The highest BCUT2D eigenvalue weighted by molar-refractivity contribution is 7.12. The third-order valence-electron chi connectivity index (χ3n) is 4.04. The number of carbonyl (C=O) groups is 1. The molecule has 1 amide bonds. The van der Waals surface area contributed by atoms with Crippen LogP contribution in [0.15, 0.2) is 47.8 Å². The summed E-state index contributed by atoms with van der Waals surface area (Å²) >= 11 is 7.27. The summed E-state index contributed by atoms with van der Waals surface area (Å²) in [7, 11) is 0. The molecule has 0 fully saturated rings. The van der Waals surface area contributed by atoms with Gasteiger partial charge in [-0.1, -0.05) is 11.6 Å². The fourth-order valence-corrected chi connectivity index (χ4v) is 3.62. The monoisotopic (exact) mass is 432 g/mol. The molecular formula is C19H13ClN2O6S. The van der Waals surface area contributed by atoms with Gasteiger partial charge >= 0.3 is 0 Å². The van der Waals surface area contributed by atoms with Gasteiger partial charge in [-0.25, -0.2) is 0 Å². The van der Waals surface area contributed by atoms with Crippen LogP contribution < -0.4 is 19.5 Å². The number of nitrogens with one attached hydrogen (secondary N) is 1. The molecule has 0 saturated heterocycles. The molecule has 1 aliphatic heterocycles. The van der Waals surface area contributed by atoms with E-state index in [-0.39, 0.29) is 30.0 Å². The van der Waals surface area contributed by atoms with Gasteiger partial charge in [0.05, 0.1) is 20.5 Å². The summed E-state index contributed by atoms with van der Waals surface area (Å²) in [6.45, 7) is 0.474. The topological polar surface area (TPSA) is 99.9 Å². The molecule has 1 aromatic heterocycles. The van der Waals surface area contributed by atoms with Crippen LogP contribution in [0.4, 0.5) is 11.4 Å². The van der Waals surface area contributed by atoms with E-state index in [1.54, 1.807) is 24.3 Å². The molecule has 148 valence electrons. The van der Waals surface area contributed by atoms with Gasteiger partial charge in [-0.2, -0.15) is 0 Å². The first-order chi connectivity index (χ1) is 14.0. The van der Waals surface area contributed by atoms with Crippen LogP contribution in [0, 0.1) is 10.1 Å². The van der Waals surface area contributed by atoms with Gasteiger partial charge in [0.15, 0.2) is 11.5 Å². The third kappa shape index (κ3) is 4.25. The summed E-state index contributed by atoms with van der Waals surface area (Å²) in [6, 6.07) is 10.9. The highest BCUT2D eigenvalue weighted by Gasteiger charge is 2.16. The van der Waals surface area contributed by atoms with Crippen LogP contribution >= 0.6 is 22.9 Å². The minimum Gasteiger partial charge on any atom is -0.489 e. The first-order valence-corrected chi connectivity index (χ1v) is 9.60. The maximum absolute atomic E-state index is 12.4. The molecule has 8 nitrogen and oxygen atoms in total. The molecule has 10 heteroatoms. The number of thiophene rings is 1. The molecule has 0 spiro atoms. The summed E-state index contributed by atoms with van der Waals surface area (Å²) < 4.78 is 16.3. The summed E-state index contributed by atoms with van der Waals surface area (Å²) in [5, 5.41) is 15.3. The van der Waals surface area contributed by atoms with E-state index in [0.29, 0.717) is 27.8 Å². The van der Waals surface area contributed by atoms with Crippen LogP contribution in [-0.2, 0) is 6.61 Å². The zero-order valence-electron chi connectivity index (χ0n) is 14.7. The van der Waals surface area contributed by atoms with E-state index < -0.39 is 4.92 Å². The average molecular weight is 433 g/mol. The quantitative estimate of drug-likeness (QED) is 0.440. The number of benzene rings is 2. The molecule has 0 atom stereocenters. The molecule has 2 aromatic carbocycles. The van der Waals surface area contributed by atoms with Gasteiger partial charge in [0.25, 0.3) is 11.6 Å². The number of amides is 1. The van der Waals surface area contributed by atoms with Crippen LogP contribution in [0.25, 0.3) is 0 Å². The van der Waals surface area contributed by atoms with Crippen molar-refractivity contribution in [3.63, 3.8) is 0 Å². The number of anilines is 1. The summed E-state index contributed by atoms with van der Waals surface area (Å²) in [4.78, 5) is 23.1. The smallest absolute Gasteiger partial charge is 0.271 e. The molecule has 0 saturated carbocycles. The standard InChI is InChI=1S/C19H13ClN2O6S/c20-14-6-12(22(24)25)1-3-15(14)21-19(23)18-5-11(9-29-18)8-26-13-2-4-16-17(7-13)28-10-27-16/h1-7,9H,8,10H2,(H,21,23). The summed E-state index contributed by atoms with van der Waals surface area (Å²) in [6.07, 6.45) is 0. The number of halogens is 1. The number of nitro groups is 1. The van der Waals surface area contributed by atoms with Crippen molar-refractivity contribution in [2.75, 3.05) is 12.1 Å². The number of hydrogen-bond acceptors (Lipinski definition) is 7. The number of nitrogens with zero attached hydrogens (tertiary/aromatic N) is 1. The van der Waals surface area contributed by atoms with Crippen molar-refractivity contribution in [2.24, 2.45) is 0 Å². The second-order valence-electron chi connectivity index (χ2n) is 6.00. The number of fused-ring (bicyclic) bond motifs is 1. The first kappa shape index (κ1) is 19.0. The second kappa shape index (κ2) is 7.98. The lowest BCUT2D eigenvalue weighted by Crippen LogP contribution is -2.10. The molecule has 0 bridgehead atoms. The van der Waals surface area contributed by atoms with E-state index in [2.05, 4.69) is 5.32 Å². The van der Waals surface area contributed by atoms with Crippen molar-refractivity contribution in [3.8, 4) is 17.2 Å². The third-order valence-corrected chi connectivity index (χ3v) is 5.33. The van der Waals surface area contributed by atoms with Crippen molar-refractivity contribution < 1.29 is 23.9 Å². The normalized spacial score (nSPS) is 11.9. The zero-order valence-corrected chi connectivity index (χ0v) is 16.3. The number of ether oxygens (including phenoxy) is 3. The van der Waals surface area contributed by atoms with E-state index in [1.807, 2.05) is 5.38 Å². The second-order valence-corrected chi connectivity index (χ2v) is 7.32. The lowest BCUT2D eigenvalue weighted by atomic mass is 10.2. The maximum atomic E-state index is 12.4. The Morgan fingerprint density at radius 3 is 2.83 bits per heavy atom. The Kier molecular flexibility index (Phi) is 5.24. The lowest BCUT2D eigenvalue weighted by molar-refractivity contribution is -0.384. The van der Waals surface area contributed by atoms with Gasteiger partial charge in [-0.05, 0) is 29.6 Å². The molecule has 0 radical (unpaired) electrons. The fourth-order valence-electron chi connectivity index (χ4n) is 2.61. The minimum atomic E-state index is -0.552. The first-order valence-electron chi connectivity index (χ1n) is 8.35. The number of hydrogen-bond donors (Lipinski definition) is 1. The van der Waals surface area contributed by atoms with E-state index in [4.69, 9.17) is 25.8 Å². The molecule has 29 heavy (non-hydrogen) atoms. The van der Waals surface area contributed by atoms with Gasteiger partial charge in [-0.3, -0.25) is 14.9 Å². The van der Waals surface area contributed by atoms with Crippen LogP contribution in [0.5, 0.6) is 17.2 Å².